The first-order chi connectivity index (χ1) is 6.45. The van der Waals surface area contributed by atoms with Gasteiger partial charge in [0.1, 0.15) is 0 Å². The maximum Gasteiger partial charge on any atom is 0.0666 e. The minimum atomic E-state index is 0.857. The van der Waals surface area contributed by atoms with Crippen molar-refractivity contribution in [3.05, 3.63) is 33.5 Å². The van der Waals surface area contributed by atoms with E-state index in [1.165, 1.54) is 21.3 Å². The Bertz CT molecular complexity index is 294. The summed E-state index contributed by atoms with van der Waals surface area (Å²) in [6.45, 7) is 1.78. The Kier molecular flexibility index (Phi) is 3.02. The Morgan fingerprint density at radius 1 is 1.31 bits per heavy atom. The number of aromatic nitrogens is 2. The highest BCUT2D eigenvalue weighted by molar-refractivity contribution is 7.09. The average Bonchev–Trinajstić information content (AvgIpc) is 2.75. The predicted molar refractivity (Wildman–Crippen MR) is 54.8 cm³/mol. The van der Waals surface area contributed by atoms with E-state index < -0.39 is 0 Å². The molecule has 2 aromatic rings. The maximum absolute atomic E-state index is 3.79. The molecule has 68 valence electrons. The Balaban J connectivity index is 1.76. The second-order valence-corrected chi connectivity index (χ2v) is 4.47. The SMILES string of the molecule is c1csc(CNCc2cnns2)c1. The Morgan fingerprint density at radius 3 is 2.92 bits per heavy atom. The fourth-order valence-corrected chi connectivity index (χ4v) is 2.12. The van der Waals surface area contributed by atoms with Crippen LogP contribution >= 0.6 is 22.9 Å². The molecule has 0 aliphatic carbocycles. The van der Waals surface area contributed by atoms with Crippen LogP contribution in [0.4, 0.5) is 0 Å². The summed E-state index contributed by atoms with van der Waals surface area (Å²) in [6, 6.07) is 4.19. The highest BCUT2D eigenvalue weighted by atomic mass is 32.1. The molecule has 0 unspecified atom stereocenters. The molecular weight excluding hydrogens is 202 g/mol. The fraction of sp³-hybridized carbons (Fsp3) is 0.250. The molecule has 3 nitrogen and oxygen atoms in total. The van der Waals surface area contributed by atoms with Crippen molar-refractivity contribution in [2.24, 2.45) is 0 Å². The van der Waals surface area contributed by atoms with Crippen LogP contribution in [-0.4, -0.2) is 9.59 Å². The summed E-state index contributed by atoms with van der Waals surface area (Å²) in [7, 11) is 0. The second kappa shape index (κ2) is 4.45. The molecule has 0 atom stereocenters. The summed E-state index contributed by atoms with van der Waals surface area (Å²) >= 11 is 3.21. The van der Waals surface area contributed by atoms with Gasteiger partial charge in [0.2, 0.25) is 0 Å². The topological polar surface area (TPSA) is 37.8 Å². The lowest BCUT2D eigenvalue weighted by Crippen LogP contribution is -2.10. The van der Waals surface area contributed by atoms with E-state index in [1.807, 2.05) is 0 Å². The first-order valence-electron chi connectivity index (χ1n) is 3.94. The minimum Gasteiger partial charge on any atom is -0.307 e. The average molecular weight is 211 g/mol. The zero-order valence-electron chi connectivity index (χ0n) is 6.93. The predicted octanol–water partition coefficient (Wildman–Crippen LogP) is 1.89. The maximum atomic E-state index is 3.79. The zero-order valence-corrected chi connectivity index (χ0v) is 8.57. The van der Waals surface area contributed by atoms with Gasteiger partial charge in [-0.1, -0.05) is 10.6 Å². The van der Waals surface area contributed by atoms with Gasteiger partial charge in [0.15, 0.2) is 0 Å². The molecule has 5 heteroatoms. The largest absolute Gasteiger partial charge is 0.307 e. The lowest BCUT2D eigenvalue weighted by molar-refractivity contribution is 0.708. The molecule has 0 fully saturated rings. The molecule has 13 heavy (non-hydrogen) atoms. The summed E-state index contributed by atoms with van der Waals surface area (Å²) < 4.78 is 3.79. The van der Waals surface area contributed by atoms with E-state index >= 15 is 0 Å². The molecule has 0 aromatic carbocycles. The van der Waals surface area contributed by atoms with Crippen LogP contribution in [0, 0.1) is 0 Å². The van der Waals surface area contributed by atoms with E-state index in [0.29, 0.717) is 0 Å². The van der Waals surface area contributed by atoms with Crippen LogP contribution in [0.3, 0.4) is 0 Å². The van der Waals surface area contributed by atoms with Crippen LogP contribution in [0.2, 0.25) is 0 Å². The van der Waals surface area contributed by atoms with Crippen LogP contribution in [0.25, 0.3) is 0 Å². The lowest BCUT2D eigenvalue weighted by atomic mass is 10.4. The van der Waals surface area contributed by atoms with Gasteiger partial charge in [-0.3, -0.25) is 0 Å². The smallest absolute Gasteiger partial charge is 0.0666 e. The lowest BCUT2D eigenvalue weighted by Gasteiger charge is -1.98. The zero-order chi connectivity index (χ0) is 8.93. The van der Waals surface area contributed by atoms with Gasteiger partial charge in [-0.2, -0.15) is 0 Å². The molecule has 1 N–H and O–H groups in total. The van der Waals surface area contributed by atoms with E-state index in [1.54, 1.807) is 17.5 Å². The van der Waals surface area contributed by atoms with E-state index in [9.17, 15) is 0 Å². The molecular formula is C8H9N3S2. The van der Waals surface area contributed by atoms with E-state index in [2.05, 4.69) is 32.4 Å². The summed E-state index contributed by atoms with van der Waals surface area (Å²) in [5.41, 5.74) is 0. The molecule has 2 rings (SSSR count). The third kappa shape index (κ3) is 2.58. The number of rotatable bonds is 4. The van der Waals surface area contributed by atoms with Crippen molar-refractivity contribution < 1.29 is 0 Å². The Morgan fingerprint density at radius 2 is 2.23 bits per heavy atom. The van der Waals surface area contributed by atoms with Crippen LogP contribution in [0.5, 0.6) is 0 Å². The van der Waals surface area contributed by atoms with Crippen molar-refractivity contribution in [2.45, 2.75) is 13.1 Å². The van der Waals surface area contributed by atoms with Gasteiger partial charge in [0, 0.05) is 18.0 Å². The number of hydrogen-bond donors (Lipinski definition) is 1. The monoisotopic (exact) mass is 211 g/mol. The van der Waals surface area contributed by atoms with Crippen LogP contribution in [0.1, 0.15) is 9.75 Å². The van der Waals surface area contributed by atoms with Crippen LogP contribution < -0.4 is 5.32 Å². The summed E-state index contributed by atoms with van der Waals surface area (Å²) in [4.78, 5) is 2.54. The number of thiophene rings is 1. The number of nitrogens with one attached hydrogen (secondary N) is 1. The highest BCUT2D eigenvalue weighted by Crippen LogP contribution is 2.08. The van der Waals surface area contributed by atoms with Crippen molar-refractivity contribution in [2.75, 3.05) is 0 Å². The van der Waals surface area contributed by atoms with Crippen molar-refractivity contribution in [1.29, 1.82) is 0 Å². The molecule has 2 aromatic heterocycles. The number of nitrogens with zero attached hydrogens (tertiary/aromatic N) is 2. The Hall–Kier alpha value is -0.780. The van der Waals surface area contributed by atoms with Crippen LogP contribution in [-0.2, 0) is 13.1 Å². The third-order valence-electron chi connectivity index (χ3n) is 1.59. The minimum absolute atomic E-state index is 0.857. The third-order valence-corrected chi connectivity index (χ3v) is 3.12. The molecule has 0 spiro atoms. The van der Waals surface area contributed by atoms with E-state index in [4.69, 9.17) is 0 Å². The first-order valence-corrected chi connectivity index (χ1v) is 5.60. The normalized spacial score (nSPS) is 10.5. The summed E-state index contributed by atoms with van der Waals surface area (Å²) in [6.07, 6.45) is 1.80. The van der Waals surface area contributed by atoms with Crippen molar-refractivity contribution in [1.82, 2.24) is 14.9 Å². The molecule has 0 radical (unpaired) electrons. The summed E-state index contributed by atoms with van der Waals surface area (Å²) in [5.74, 6) is 0. The van der Waals surface area contributed by atoms with Gasteiger partial charge in [-0.05, 0) is 23.0 Å². The molecule has 0 aliphatic rings. The summed E-state index contributed by atoms with van der Waals surface area (Å²) in [5, 5.41) is 9.19. The molecule has 2 heterocycles. The molecule has 0 bridgehead atoms. The van der Waals surface area contributed by atoms with Crippen molar-refractivity contribution in [3.8, 4) is 0 Å². The van der Waals surface area contributed by atoms with E-state index in [-0.39, 0.29) is 0 Å². The molecule has 0 aliphatic heterocycles. The molecule has 0 saturated carbocycles. The van der Waals surface area contributed by atoms with Crippen LogP contribution in [0.15, 0.2) is 23.7 Å². The Labute approximate surface area is 84.6 Å². The quantitative estimate of drug-likeness (QED) is 0.839. The standard InChI is InChI=1S/C8H9N3S2/c1-2-7(12-3-1)4-9-5-8-6-10-11-13-8/h1-3,6,9H,4-5H2. The fourth-order valence-electron chi connectivity index (χ4n) is 0.988. The van der Waals surface area contributed by atoms with Gasteiger partial charge >= 0.3 is 0 Å². The van der Waals surface area contributed by atoms with Gasteiger partial charge < -0.3 is 5.32 Å². The van der Waals surface area contributed by atoms with E-state index in [0.717, 1.165) is 13.1 Å². The first kappa shape index (κ1) is 8.80. The number of hydrogen-bond acceptors (Lipinski definition) is 5. The van der Waals surface area contributed by atoms with Crippen molar-refractivity contribution >= 4 is 22.9 Å². The second-order valence-electron chi connectivity index (χ2n) is 2.57. The highest BCUT2D eigenvalue weighted by Gasteiger charge is 1.96. The van der Waals surface area contributed by atoms with Gasteiger partial charge in [-0.25, -0.2) is 0 Å². The van der Waals surface area contributed by atoms with Gasteiger partial charge in [-0.15, -0.1) is 16.4 Å². The molecule has 0 amide bonds. The van der Waals surface area contributed by atoms with Crippen molar-refractivity contribution in [3.63, 3.8) is 0 Å². The molecule has 0 saturated heterocycles. The van der Waals surface area contributed by atoms with Gasteiger partial charge in [0.25, 0.3) is 0 Å². The van der Waals surface area contributed by atoms with Gasteiger partial charge in [0.05, 0.1) is 11.1 Å².